The van der Waals surface area contributed by atoms with Crippen LogP contribution >= 0.6 is 0 Å². The Morgan fingerprint density at radius 1 is 1.21 bits per heavy atom. The minimum Gasteiger partial charge on any atom is -0.496 e. The molecule has 1 N–H and O–H groups in total. The van der Waals surface area contributed by atoms with E-state index in [0.29, 0.717) is 11.9 Å². The lowest BCUT2D eigenvalue weighted by atomic mass is 10.1. The lowest BCUT2D eigenvalue weighted by Gasteiger charge is -2.05. The lowest BCUT2D eigenvalue weighted by Crippen LogP contribution is -1.94. The highest BCUT2D eigenvalue weighted by Crippen LogP contribution is 2.21. The maximum atomic E-state index is 13.1. The molecule has 1 aromatic heterocycles. The fourth-order valence-corrected chi connectivity index (χ4v) is 2.15. The number of nitrogens with zero attached hydrogens (tertiary/aromatic N) is 1. The van der Waals surface area contributed by atoms with E-state index in [0.717, 1.165) is 22.7 Å². The van der Waals surface area contributed by atoms with Crippen LogP contribution < -0.4 is 4.74 Å². The van der Waals surface area contributed by atoms with Crippen molar-refractivity contribution in [2.75, 3.05) is 7.11 Å². The van der Waals surface area contributed by atoms with Crippen molar-refractivity contribution in [3.63, 3.8) is 0 Å². The van der Waals surface area contributed by atoms with Gasteiger partial charge in [-0.15, -0.1) is 0 Å². The van der Waals surface area contributed by atoms with Crippen LogP contribution in [0.3, 0.4) is 0 Å². The Morgan fingerprint density at radius 2 is 2.05 bits per heavy atom. The standard InChI is InChI=1S/C15H13FN2O/c1-19-14-5-3-2-4-10(14)8-15-17-12-7-6-11(16)9-13(12)18-15/h2-7,9H,8H2,1H3,(H,17,18). The summed E-state index contributed by atoms with van der Waals surface area (Å²) in [4.78, 5) is 7.58. The van der Waals surface area contributed by atoms with Gasteiger partial charge in [-0.2, -0.15) is 0 Å². The van der Waals surface area contributed by atoms with Crippen LogP contribution in [0.4, 0.5) is 4.39 Å². The molecule has 3 nitrogen and oxygen atoms in total. The van der Waals surface area contributed by atoms with E-state index >= 15 is 0 Å². The number of rotatable bonds is 3. The van der Waals surface area contributed by atoms with E-state index in [4.69, 9.17) is 4.74 Å². The van der Waals surface area contributed by atoms with Gasteiger partial charge < -0.3 is 9.72 Å². The number of hydrogen-bond donors (Lipinski definition) is 1. The van der Waals surface area contributed by atoms with E-state index in [1.54, 1.807) is 13.2 Å². The highest BCUT2D eigenvalue weighted by molar-refractivity contribution is 5.75. The molecule has 19 heavy (non-hydrogen) atoms. The van der Waals surface area contributed by atoms with Crippen LogP contribution in [0.5, 0.6) is 5.75 Å². The molecule has 4 heteroatoms. The van der Waals surface area contributed by atoms with E-state index in [9.17, 15) is 4.39 Å². The average molecular weight is 256 g/mol. The minimum absolute atomic E-state index is 0.264. The first-order valence-corrected chi connectivity index (χ1v) is 6.02. The summed E-state index contributed by atoms with van der Waals surface area (Å²) in [5, 5.41) is 0. The van der Waals surface area contributed by atoms with Gasteiger partial charge in [0.25, 0.3) is 0 Å². The van der Waals surface area contributed by atoms with E-state index < -0.39 is 0 Å². The molecule has 0 fully saturated rings. The van der Waals surface area contributed by atoms with Crippen LogP contribution in [0.1, 0.15) is 11.4 Å². The third-order valence-electron chi connectivity index (χ3n) is 3.04. The molecule has 0 saturated carbocycles. The van der Waals surface area contributed by atoms with Crippen molar-refractivity contribution >= 4 is 11.0 Å². The molecule has 0 aliphatic heterocycles. The fraction of sp³-hybridized carbons (Fsp3) is 0.133. The highest BCUT2D eigenvalue weighted by Gasteiger charge is 2.07. The van der Waals surface area contributed by atoms with Crippen molar-refractivity contribution in [1.82, 2.24) is 9.97 Å². The Kier molecular flexibility index (Phi) is 2.91. The van der Waals surface area contributed by atoms with Crippen molar-refractivity contribution in [2.45, 2.75) is 6.42 Å². The summed E-state index contributed by atoms with van der Waals surface area (Å²) in [6.07, 6.45) is 0.625. The fourth-order valence-electron chi connectivity index (χ4n) is 2.15. The molecule has 0 amide bonds. The second kappa shape index (κ2) is 4.72. The number of aromatic nitrogens is 2. The molecule has 2 aromatic carbocycles. The Balaban J connectivity index is 1.96. The van der Waals surface area contributed by atoms with E-state index in [1.807, 2.05) is 24.3 Å². The summed E-state index contributed by atoms with van der Waals surface area (Å²) in [7, 11) is 1.65. The smallest absolute Gasteiger partial charge is 0.125 e. The number of benzene rings is 2. The third-order valence-corrected chi connectivity index (χ3v) is 3.04. The number of ether oxygens (including phenoxy) is 1. The molecule has 0 spiro atoms. The Morgan fingerprint density at radius 3 is 2.89 bits per heavy atom. The number of para-hydroxylation sites is 1. The zero-order chi connectivity index (χ0) is 13.2. The second-order valence-corrected chi connectivity index (χ2v) is 4.33. The number of nitrogens with one attached hydrogen (secondary N) is 1. The minimum atomic E-state index is -0.264. The van der Waals surface area contributed by atoms with Gasteiger partial charge >= 0.3 is 0 Å². The summed E-state index contributed by atoms with van der Waals surface area (Å²) in [6.45, 7) is 0. The molecule has 0 aliphatic rings. The molecule has 0 atom stereocenters. The van der Waals surface area contributed by atoms with Gasteiger partial charge in [0.2, 0.25) is 0 Å². The largest absolute Gasteiger partial charge is 0.496 e. The first-order valence-electron chi connectivity index (χ1n) is 6.02. The number of fused-ring (bicyclic) bond motifs is 1. The highest BCUT2D eigenvalue weighted by atomic mass is 19.1. The number of halogens is 1. The topological polar surface area (TPSA) is 37.9 Å². The van der Waals surface area contributed by atoms with Gasteiger partial charge in [-0.25, -0.2) is 9.37 Å². The number of hydrogen-bond acceptors (Lipinski definition) is 2. The van der Waals surface area contributed by atoms with E-state index in [2.05, 4.69) is 9.97 Å². The van der Waals surface area contributed by atoms with Crippen LogP contribution in [0.2, 0.25) is 0 Å². The van der Waals surface area contributed by atoms with Gasteiger partial charge in [-0.05, 0) is 24.3 Å². The average Bonchev–Trinajstić information content (AvgIpc) is 2.80. The molecule has 0 saturated heterocycles. The van der Waals surface area contributed by atoms with Crippen LogP contribution in [-0.2, 0) is 6.42 Å². The predicted molar refractivity (Wildman–Crippen MR) is 71.9 cm³/mol. The Hall–Kier alpha value is -2.36. The molecular weight excluding hydrogens is 243 g/mol. The van der Waals surface area contributed by atoms with Crippen LogP contribution in [0.15, 0.2) is 42.5 Å². The number of aromatic amines is 1. The lowest BCUT2D eigenvalue weighted by molar-refractivity contribution is 0.410. The predicted octanol–water partition coefficient (Wildman–Crippen LogP) is 3.30. The molecule has 0 radical (unpaired) electrons. The van der Waals surface area contributed by atoms with Crippen LogP contribution in [-0.4, -0.2) is 17.1 Å². The molecule has 0 unspecified atom stereocenters. The molecule has 0 bridgehead atoms. The molecule has 3 rings (SSSR count). The molecular formula is C15H13FN2O. The van der Waals surface area contributed by atoms with Crippen molar-refractivity contribution in [3.8, 4) is 5.75 Å². The molecule has 96 valence electrons. The molecule has 1 heterocycles. The van der Waals surface area contributed by atoms with Crippen molar-refractivity contribution < 1.29 is 9.13 Å². The van der Waals surface area contributed by atoms with Gasteiger partial charge in [0.05, 0.1) is 18.1 Å². The van der Waals surface area contributed by atoms with Gasteiger partial charge in [0, 0.05) is 12.0 Å². The summed E-state index contributed by atoms with van der Waals surface area (Å²) in [5.74, 6) is 1.36. The summed E-state index contributed by atoms with van der Waals surface area (Å²) in [5.41, 5.74) is 2.53. The summed E-state index contributed by atoms with van der Waals surface area (Å²) in [6, 6.07) is 12.3. The van der Waals surface area contributed by atoms with Crippen molar-refractivity contribution in [1.29, 1.82) is 0 Å². The van der Waals surface area contributed by atoms with Gasteiger partial charge in [-0.3, -0.25) is 0 Å². The first-order chi connectivity index (χ1) is 9.26. The zero-order valence-electron chi connectivity index (χ0n) is 10.5. The van der Waals surface area contributed by atoms with E-state index in [1.165, 1.54) is 12.1 Å². The van der Waals surface area contributed by atoms with Crippen LogP contribution in [0.25, 0.3) is 11.0 Å². The zero-order valence-corrected chi connectivity index (χ0v) is 10.5. The maximum Gasteiger partial charge on any atom is 0.125 e. The number of methoxy groups -OCH3 is 1. The maximum absolute atomic E-state index is 13.1. The molecule has 0 aliphatic carbocycles. The van der Waals surface area contributed by atoms with E-state index in [-0.39, 0.29) is 5.82 Å². The second-order valence-electron chi connectivity index (χ2n) is 4.33. The van der Waals surface area contributed by atoms with Gasteiger partial charge in [0.1, 0.15) is 17.4 Å². The number of imidazole rings is 1. The van der Waals surface area contributed by atoms with Gasteiger partial charge in [0.15, 0.2) is 0 Å². The first kappa shape index (κ1) is 11.7. The monoisotopic (exact) mass is 256 g/mol. The summed E-state index contributed by atoms with van der Waals surface area (Å²) < 4.78 is 18.4. The Bertz CT molecular complexity index is 721. The van der Waals surface area contributed by atoms with Crippen LogP contribution in [0, 0.1) is 5.82 Å². The third kappa shape index (κ3) is 2.29. The SMILES string of the molecule is COc1ccccc1Cc1nc2ccc(F)cc2[nH]1. The number of H-pyrrole nitrogens is 1. The summed E-state index contributed by atoms with van der Waals surface area (Å²) >= 11 is 0. The van der Waals surface area contributed by atoms with Gasteiger partial charge in [-0.1, -0.05) is 18.2 Å². The quantitative estimate of drug-likeness (QED) is 0.780. The molecule has 3 aromatic rings. The Labute approximate surface area is 110 Å². The normalized spacial score (nSPS) is 10.8. The van der Waals surface area contributed by atoms with Crippen molar-refractivity contribution in [2.24, 2.45) is 0 Å². The van der Waals surface area contributed by atoms with Crippen molar-refractivity contribution in [3.05, 3.63) is 59.7 Å².